The Balaban J connectivity index is 1.52. The second kappa shape index (κ2) is 6.45. The first-order valence-corrected chi connectivity index (χ1v) is 10.2. The maximum absolute atomic E-state index is 14.7. The normalized spacial score (nSPS) is 25.5. The van der Waals surface area contributed by atoms with Crippen molar-refractivity contribution in [3.8, 4) is 0 Å². The van der Waals surface area contributed by atoms with Gasteiger partial charge in [-0.25, -0.2) is 13.6 Å². The number of piperidine rings is 1. The number of cyclic esters (lactones) is 1. The molecule has 0 radical (unpaired) electrons. The van der Waals surface area contributed by atoms with Gasteiger partial charge in [0, 0.05) is 54.1 Å². The fraction of sp³-hybridized carbons (Fsp3) is 0.588. The van der Waals surface area contributed by atoms with Crippen LogP contribution in [0.2, 0.25) is 0 Å². The van der Waals surface area contributed by atoms with Crippen molar-refractivity contribution in [2.24, 2.45) is 11.1 Å². The van der Waals surface area contributed by atoms with Gasteiger partial charge < -0.3 is 15.4 Å². The van der Waals surface area contributed by atoms with Gasteiger partial charge in [-0.1, -0.05) is 0 Å². The van der Waals surface area contributed by atoms with Crippen LogP contribution < -0.4 is 15.5 Å². The van der Waals surface area contributed by atoms with Crippen molar-refractivity contribution >= 4 is 28.3 Å². The van der Waals surface area contributed by atoms with Crippen LogP contribution in [0, 0.1) is 17.0 Å². The van der Waals surface area contributed by atoms with Crippen LogP contribution in [-0.2, 0) is 15.5 Å². The van der Waals surface area contributed by atoms with Gasteiger partial charge in [0.25, 0.3) is 0 Å². The first-order valence-electron chi connectivity index (χ1n) is 8.68. The minimum atomic E-state index is -0.730. The van der Waals surface area contributed by atoms with Gasteiger partial charge in [-0.3, -0.25) is 9.11 Å². The zero-order valence-electron chi connectivity index (χ0n) is 14.2. The van der Waals surface area contributed by atoms with Gasteiger partial charge in [-0.15, -0.1) is 0 Å². The number of ether oxygens (including phenoxy) is 1. The van der Waals surface area contributed by atoms with Crippen molar-refractivity contribution < 1.29 is 22.5 Å². The molecule has 1 atom stereocenters. The molecule has 1 spiro atoms. The second-order valence-electron chi connectivity index (χ2n) is 7.33. The first kappa shape index (κ1) is 17.7. The maximum atomic E-state index is 14.7. The maximum Gasteiger partial charge on any atom is 0.414 e. The molecule has 6 nitrogen and oxygen atoms in total. The van der Waals surface area contributed by atoms with Gasteiger partial charge >= 0.3 is 6.09 Å². The van der Waals surface area contributed by atoms with Crippen LogP contribution >= 0.6 is 0 Å². The largest absolute Gasteiger partial charge is 0.443 e. The van der Waals surface area contributed by atoms with Crippen LogP contribution in [0.15, 0.2) is 12.1 Å². The predicted molar refractivity (Wildman–Crippen MR) is 94.8 cm³/mol. The molecule has 0 bridgehead atoms. The molecule has 1 aromatic rings. The predicted octanol–water partition coefficient (Wildman–Crippen LogP) is 1.60. The molecular formula is C17H21F2N3O3S. The molecule has 0 aromatic heterocycles. The van der Waals surface area contributed by atoms with E-state index in [0.717, 1.165) is 12.8 Å². The second-order valence-corrected chi connectivity index (χ2v) is 8.78. The Morgan fingerprint density at radius 3 is 2.35 bits per heavy atom. The Kier molecular flexibility index (Phi) is 4.38. The van der Waals surface area contributed by atoms with Gasteiger partial charge in [0.2, 0.25) is 0 Å². The summed E-state index contributed by atoms with van der Waals surface area (Å²) in [5.41, 5.74) is 5.64. The molecule has 0 aliphatic carbocycles. The molecule has 1 amide bonds. The molecule has 142 valence electrons. The topological polar surface area (TPSA) is 75.9 Å². The third-order valence-electron chi connectivity index (χ3n) is 5.52. The molecule has 1 aromatic carbocycles. The molecule has 0 saturated carbocycles. The van der Waals surface area contributed by atoms with Crippen molar-refractivity contribution in [3.63, 3.8) is 0 Å². The molecule has 3 aliphatic rings. The number of amides is 1. The number of carbonyl (C=O) groups is 1. The standard InChI is InChI=1S/C17H21F2N3O3S/c18-13-5-11(22-8-12(7-20)25-16(22)23)6-14(19)15(13)21-3-1-17(2-4-21)9-26(24)10-17/h5-6,12H,1-4,7-10,20H2. The molecule has 4 rings (SSSR count). The molecule has 3 heterocycles. The molecule has 3 fully saturated rings. The smallest absolute Gasteiger partial charge is 0.414 e. The fourth-order valence-electron chi connectivity index (χ4n) is 4.00. The van der Waals surface area contributed by atoms with Crippen molar-refractivity contribution in [2.45, 2.75) is 18.9 Å². The molecule has 2 N–H and O–H groups in total. The number of hydrogen-bond acceptors (Lipinski definition) is 5. The lowest BCUT2D eigenvalue weighted by Gasteiger charge is -2.47. The van der Waals surface area contributed by atoms with E-state index in [9.17, 15) is 17.8 Å². The van der Waals surface area contributed by atoms with E-state index in [-0.39, 0.29) is 29.9 Å². The van der Waals surface area contributed by atoms with Crippen LogP contribution in [0.3, 0.4) is 0 Å². The van der Waals surface area contributed by atoms with E-state index in [4.69, 9.17) is 10.5 Å². The van der Waals surface area contributed by atoms with Gasteiger partial charge in [0.05, 0.1) is 12.2 Å². The summed E-state index contributed by atoms with van der Waals surface area (Å²) in [7, 11) is -0.730. The summed E-state index contributed by atoms with van der Waals surface area (Å²) in [4.78, 5) is 14.8. The van der Waals surface area contributed by atoms with E-state index in [1.807, 2.05) is 0 Å². The van der Waals surface area contributed by atoms with Crippen LogP contribution in [0.4, 0.5) is 25.0 Å². The lowest BCUT2D eigenvalue weighted by Crippen LogP contribution is -2.52. The van der Waals surface area contributed by atoms with E-state index in [0.29, 0.717) is 24.6 Å². The number of nitrogens with zero attached hydrogens (tertiary/aromatic N) is 2. The highest BCUT2D eigenvalue weighted by molar-refractivity contribution is 7.86. The minimum absolute atomic E-state index is 0.0630. The molecule has 1 unspecified atom stereocenters. The van der Waals surface area contributed by atoms with Crippen LogP contribution in [-0.4, -0.2) is 54.1 Å². The zero-order valence-corrected chi connectivity index (χ0v) is 15.1. The van der Waals surface area contributed by atoms with E-state index >= 15 is 0 Å². The highest BCUT2D eigenvalue weighted by Gasteiger charge is 2.45. The first-order chi connectivity index (χ1) is 12.4. The SMILES string of the molecule is NCC1CN(c2cc(F)c(N3CCC4(CC3)CS(=O)C4)c(F)c2)C(=O)O1. The summed E-state index contributed by atoms with van der Waals surface area (Å²) in [5.74, 6) is 0.00287. The van der Waals surface area contributed by atoms with E-state index in [1.54, 1.807) is 4.90 Å². The molecule has 26 heavy (non-hydrogen) atoms. The van der Waals surface area contributed by atoms with Crippen LogP contribution in [0.5, 0.6) is 0 Å². The summed E-state index contributed by atoms with van der Waals surface area (Å²) in [5, 5.41) is 0. The van der Waals surface area contributed by atoms with Gasteiger partial charge in [0.1, 0.15) is 11.8 Å². The molecular weight excluding hydrogens is 364 g/mol. The van der Waals surface area contributed by atoms with E-state index in [1.165, 1.54) is 17.0 Å². The minimum Gasteiger partial charge on any atom is -0.443 e. The Hall–Kier alpha value is -1.74. The summed E-state index contributed by atoms with van der Waals surface area (Å²) in [6, 6.07) is 2.34. The van der Waals surface area contributed by atoms with Gasteiger partial charge in [-0.05, 0) is 18.3 Å². The Morgan fingerprint density at radius 2 is 1.85 bits per heavy atom. The highest BCUT2D eigenvalue weighted by Crippen LogP contribution is 2.42. The quantitative estimate of drug-likeness (QED) is 0.855. The fourth-order valence-corrected chi connectivity index (χ4v) is 5.86. The number of carbonyl (C=O) groups excluding carboxylic acids is 1. The number of hydrogen-bond donors (Lipinski definition) is 1. The average Bonchev–Trinajstić information content (AvgIpc) is 2.95. The van der Waals surface area contributed by atoms with Gasteiger partial charge in [-0.2, -0.15) is 0 Å². The van der Waals surface area contributed by atoms with Crippen LogP contribution in [0.1, 0.15) is 12.8 Å². The Bertz CT molecular complexity index is 735. The van der Waals surface area contributed by atoms with Crippen molar-refractivity contribution in [3.05, 3.63) is 23.8 Å². The highest BCUT2D eigenvalue weighted by atomic mass is 32.2. The lowest BCUT2D eigenvalue weighted by molar-refractivity contribution is 0.145. The number of nitrogens with two attached hydrogens (primary N) is 1. The van der Waals surface area contributed by atoms with Crippen molar-refractivity contribution in [1.82, 2.24) is 0 Å². The Labute approximate surface area is 152 Å². The molecule has 3 aliphatic heterocycles. The van der Waals surface area contributed by atoms with E-state index in [2.05, 4.69) is 0 Å². The number of anilines is 2. The van der Waals surface area contributed by atoms with Crippen molar-refractivity contribution in [1.29, 1.82) is 0 Å². The number of benzene rings is 1. The molecule has 9 heteroatoms. The van der Waals surface area contributed by atoms with Gasteiger partial charge in [0.15, 0.2) is 11.6 Å². The summed E-state index contributed by atoms with van der Waals surface area (Å²) in [6.45, 7) is 1.40. The van der Waals surface area contributed by atoms with Crippen LogP contribution in [0.25, 0.3) is 0 Å². The summed E-state index contributed by atoms with van der Waals surface area (Å²) < 4.78 is 45.8. The average molecular weight is 385 g/mol. The van der Waals surface area contributed by atoms with Crippen molar-refractivity contribution in [2.75, 3.05) is 47.5 Å². The number of halogens is 2. The summed E-state index contributed by atoms with van der Waals surface area (Å²) in [6.07, 6.45) is 0.455. The monoisotopic (exact) mass is 385 g/mol. The number of rotatable bonds is 3. The third kappa shape index (κ3) is 2.96. The zero-order chi connectivity index (χ0) is 18.5. The Morgan fingerprint density at radius 1 is 1.23 bits per heavy atom. The summed E-state index contributed by atoms with van der Waals surface area (Å²) >= 11 is 0. The van der Waals surface area contributed by atoms with E-state index < -0.39 is 34.6 Å². The lowest BCUT2D eigenvalue weighted by atomic mass is 9.81. The molecule has 3 saturated heterocycles. The third-order valence-corrected chi connectivity index (χ3v) is 7.39.